The van der Waals surface area contributed by atoms with E-state index >= 15 is 0 Å². The molecule has 0 spiro atoms. The zero-order valence-corrected chi connectivity index (χ0v) is 17.6. The molecular formula is C22H31N5O. The third-order valence-corrected chi connectivity index (χ3v) is 5.16. The fourth-order valence-corrected chi connectivity index (χ4v) is 3.53. The lowest BCUT2D eigenvalue weighted by Crippen LogP contribution is -2.48. The molecule has 6 nitrogen and oxygen atoms in total. The van der Waals surface area contributed by atoms with Crippen molar-refractivity contribution in [2.45, 2.75) is 40.0 Å². The van der Waals surface area contributed by atoms with E-state index in [4.69, 9.17) is 0 Å². The number of aromatic nitrogens is 2. The van der Waals surface area contributed by atoms with Crippen molar-refractivity contribution in [1.29, 1.82) is 0 Å². The average molecular weight is 382 g/mol. The Morgan fingerprint density at radius 2 is 1.79 bits per heavy atom. The van der Waals surface area contributed by atoms with Gasteiger partial charge < -0.3 is 15.1 Å². The van der Waals surface area contributed by atoms with Gasteiger partial charge in [0.25, 0.3) is 5.91 Å². The highest BCUT2D eigenvalue weighted by atomic mass is 16.2. The van der Waals surface area contributed by atoms with Crippen LogP contribution in [0.5, 0.6) is 0 Å². The largest absolute Gasteiger partial charge is 0.335 e. The van der Waals surface area contributed by atoms with Crippen molar-refractivity contribution in [2.75, 3.05) is 38.0 Å². The lowest BCUT2D eigenvalue weighted by Gasteiger charge is -2.33. The molecule has 2 aromatic rings. The van der Waals surface area contributed by atoms with Gasteiger partial charge >= 0.3 is 0 Å². The number of amides is 1. The van der Waals surface area contributed by atoms with Crippen molar-refractivity contribution < 1.29 is 4.79 Å². The molecular weight excluding hydrogens is 350 g/mol. The van der Waals surface area contributed by atoms with Crippen LogP contribution in [-0.4, -0.2) is 58.4 Å². The SMILES string of the molecule is CCN1CCN(C(=O)c2cc(C)nc(Nc3ccccc3C(C)(C)C)n2)CC1. The first-order chi connectivity index (χ1) is 13.3. The highest BCUT2D eigenvalue weighted by molar-refractivity contribution is 5.92. The Hall–Kier alpha value is -2.47. The van der Waals surface area contributed by atoms with E-state index in [-0.39, 0.29) is 11.3 Å². The molecule has 1 aromatic heterocycles. The molecule has 2 heterocycles. The summed E-state index contributed by atoms with van der Waals surface area (Å²) < 4.78 is 0. The maximum Gasteiger partial charge on any atom is 0.272 e. The van der Waals surface area contributed by atoms with Crippen LogP contribution in [0.4, 0.5) is 11.6 Å². The van der Waals surface area contributed by atoms with Gasteiger partial charge in [-0.3, -0.25) is 4.79 Å². The number of benzene rings is 1. The summed E-state index contributed by atoms with van der Waals surface area (Å²) in [6, 6.07) is 9.94. The number of anilines is 2. The minimum Gasteiger partial charge on any atom is -0.335 e. The van der Waals surface area contributed by atoms with Crippen molar-refractivity contribution in [3.8, 4) is 0 Å². The van der Waals surface area contributed by atoms with E-state index in [0.717, 1.165) is 44.1 Å². The van der Waals surface area contributed by atoms with Gasteiger partial charge in [0, 0.05) is 37.6 Å². The van der Waals surface area contributed by atoms with E-state index in [1.54, 1.807) is 6.07 Å². The van der Waals surface area contributed by atoms with Crippen molar-refractivity contribution in [1.82, 2.24) is 19.8 Å². The molecule has 1 amide bonds. The third kappa shape index (κ3) is 4.68. The quantitative estimate of drug-likeness (QED) is 0.877. The van der Waals surface area contributed by atoms with Gasteiger partial charge in [0.1, 0.15) is 5.69 Å². The molecule has 0 bridgehead atoms. The van der Waals surface area contributed by atoms with Crippen LogP contribution in [0.1, 0.15) is 49.4 Å². The number of nitrogens with zero attached hydrogens (tertiary/aromatic N) is 4. The Bertz CT molecular complexity index is 835. The number of nitrogens with one attached hydrogen (secondary N) is 1. The molecule has 3 rings (SSSR count). The normalized spacial score (nSPS) is 15.5. The van der Waals surface area contributed by atoms with Gasteiger partial charge in [-0.2, -0.15) is 0 Å². The molecule has 0 saturated carbocycles. The van der Waals surface area contributed by atoms with Crippen LogP contribution in [0.25, 0.3) is 0 Å². The first kappa shape index (κ1) is 20.3. The predicted molar refractivity (Wildman–Crippen MR) is 113 cm³/mol. The first-order valence-electron chi connectivity index (χ1n) is 10.0. The maximum atomic E-state index is 13.0. The van der Waals surface area contributed by atoms with E-state index in [9.17, 15) is 4.79 Å². The topological polar surface area (TPSA) is 61.4 Å². The van der Waals surface area contributed by atoms with Gasteiger partial charge in [0.05, 0.1) is 0 Å². The average Bonchev–Trinajstić information content (AvgIpc) is 2.66. The first-order valence-corrected chi connectivity index (χ1v) is 10.0. The lowest BCUT2D eigenvalue weighted by molar-refractivity contribution is 0.0637. The van der Waals surface area contributed by atoms with Crippen LogP contribution in [0.2, 0.25) is 0 Å². The summed E-state index contributed by atoms with van der Waals surface area (Å²) in [7, 11) is 0. The van der Waals surface area contributed by atoms with E-state index in [0.29, 0.717) is 11.6 Å². The Balaban J connectivity index is 1.82. The highest BCUT2D eigenvalue weighted by Crippen LogP contribution is 2.30. The molecule has 150 valence electrons. The fourth-order valence-electron chi connectivity index (χ4n) is 3.53. The van der Waals surface area contributed by atoms with Crippen molar-refractivity contribution in [3.63, 3.8) is 0 Å². The monoisotopic (exact) mass is 381 g/mol. The summed E-state index contributed by atoms with van der Waals surface area (Å²) in [6.45, 7) is 14.9. The summed E-state index contributed by atoms with van der Waals surface area (Å²) in [4.78, 5) is 26.3. The second-order valence-corrected chi connectivity index (χ2v) is 8.37. The molecule has 1 N–H and O–H groups in total. The summed E-state index contributed by atoms with van der Waals surface area (Å²) in [5.74, 6) is 0.445. The molecule has 1 aromatic carbocycles. The highest BCUT2D eigenvalue weighted by Gasteiger charge is 2.23. The van der Waals surface area contributed by atoms with Gasteiger partial charge in [0.15, 0.2) is 0 Å². The van der Waals surface area contributed by atoms with Gasteiger partial charge in [-0.1, -0.05) is 45.9 Å². The Morgan fingerprint density at radius 1 is 1.11 bits per heavy atom. The second kappa shape index (κ2) is 8.27. The van der Waals surface area contributed by atoms with Crippen LogP contribution in [0.15, 0.2) is 30.3 Å². The van der Waals surface area contributed by atoms with E-state index < -0.39 is 0 Å². The molecule has 1 fully saturated rings. The van der Waals surface area contributed by atoms with Crippen molar-refractivity contribution in [2.24, 2.45) is 0 Å². The molecule has 0 unspecified atom stereocenters. The van der Waals surface area contributed by atoms with Crippen LogP contribution >= 0.6 is 0 Å². The van der Waals surface area contributed by atoms with Crippen LogP contribution in [0.3, 0.4) is 0 Å². The summed E-state index contributed by atoms with van der Waals surface area (Å²) in [5.41, 5.74) is 3.37. The molecule has 1 aliphatic heterocycles. The molecule has 28 heavy (non-hydrogen) atoms. The van der Waals surface area contributed by atoms with Crippen LogP contribution < -0.4 is 5.32 Å². The third-order valence-electron chi connectivity index (χ3n) is 5.16. The minimum absolute atomic E-state index is 0.00891. The van der Waals surface area contributed by atoms with Crippen molar-refractivity contribution >= 4 is 17.5 Å². The molecule has 0 aliphatic carbocycles. The smallest absolute Gasteiger partial charge is 0.272 e. The van der Waals surface area contributed by atoms with Gasteiger partial charge in [0.2, 0.25) is 5.95 Å². The summed E-state index contributed by atoms with van der Waals surface area (Å²) in [5, 5.41) is 3.33. The van der Waals surface area contributed by atoms with Gasteiger partial charge in [-0.05, 0) is 36.6 Å². The molecule has 1 aliphatic rings. The molecule has 1 saturated heterocycles. The Labute approximate surface area is 168 Å². The van der Waals surface area contributed by atoms with Crippen LogP contribution in [0, 0.1) is 6.92 Å². The maximum absolute atomic E-state index is 13.0. The van der Waals surface area contributed by atoms with Gasteiger partial charge in [-0.15, -0.1) is 0 Å². The Kier molecular flexibility index (Phi) is 5.98. The summed E-state index contributed by atoms with van der Waals surface area (Å²) in [6.07, 6.45) is 0. The fraction of sp³-hybridized carbons (Fsp3) is 0.500. The lowest BCUT2D eigenvalue weighted by atomic mass is 9.86. The number of hydrogen-bond donors (Lipinski definition) is 1. The number of rotatable bonds is 4. The Morgan fingerprint density at radius 3 is 2.43 bits per heavy atom. The van der Waals surface area contributed by atoms with Gasteiger partial charge in [-0.25, -0.2) is 9.97 Å². The zero-order chi connectivity index (χ0) is 20.3. The molecule has 6 heteroatoms. The number of hydrogen-bond acceptors (Lipinski definition) is 5. The summed E-state index contributed by atoms with van der Waals surface area (Å²) >= 11 is 0. The van der Waals surface area contributed by atoms with Crippen molar-refractivity contribution in [3.05, 3.63) is 47.3 Å². The molecule has 0 radical (unpaired) electrons. The number of carbonyl (C=O) groups is 1. The standard InChI is InChI=1S/C22H31N5O/c1-6-26-11-13-27(14-12-26)20(28)19-15-16(2)23-21(25-19)24-18-10-8-7-9-17(18)22(3,4)5/h7-10,15H,6,11-14H2,1-5H3,(H,23,24,25). The number of likely N-dealkylation sites (N-methyl/N-ethyl adjacent to an activating group) is 1. The molecule has 0 atom stereocenters. The number of carbonyl (C=O) groups excluding carboxylic acids is 1. The van der Waals surface area contributed by atoms with Crippen LogP contribution in [-0.2, 0) is 5.41 Å². The zero-order valence-electron chi connectivity index (χ0n) is 17.6. The van der Waals surface area contributed by atoms with E-state index in [2.05, 4.69) is 53.9 Å². The predicted octanol–water partition coefficient (Wildman–Crippen LogP) is 3.60. The number of aryl methyl sites for hydroxylation is 1. The second-order valence-electron chi connectivity index (χ2n) is 8.37. The minimum atomic E-state index is -0.0200. The van der Waals surface area contributed by atoms with E-state index in [1.807, 2.05) is 30.0 Å². The number of para-hydroxylation sites is 1. The van der Waals surface area contributed by atoms with E-state index in [1.165, 1.54) is 5.56 Å². The number of piperazine rings is 1.